The van der Waals surface area contributed by atoms with Gasteiger partial charge >= 0.3 is 0 Å². The van der Waals surface area contributed by atoms with E-state index in [0.29, 0.717) is 13.2 Å². The van der Waals surface area contributed by atoms with E-state index >= 15 is 0 Å². The van der Waals surface area contributed by atoms with Crippen LogP contribution in [0.1, 0.15) is 66.2 Å². The summed E-state index contributed by atoms with van der Waals surface area (Å²) in [5.74, 6) is 1.73. The number of benzene rings is 1. The van der Waals surface area contributed by atoms with E-state index in [1.165, 1.54) is 0 Å². The molecule has 0 fully saturated rings. The highest BCUT2D eigenvalue weighted by Crippen LogP contribution is 2.24. The van der Waals surface area contributed by atoms with Gasteiger partial charge in [0.15, 0.2) is 0 Å². The molecule has 0 aliphatic carbocycles. The van der Waals surface area contributed by atoms with Crippen molar-refractivity contribution in [3.63, 3.8) is 0 Å². The number of aliphatic hydroxyl groups excluding tert-OH is 2. The molecule has 0 unspecified atom stereocenters. The molecule has 0 saturated carbocycles. The van der Waals surface area contributed by atoms with Crippen LogP contribution >= 0.6 is 0 Å². The smallest absolute Gasteiger partial charge is 0.119 e. The molecule has 0 atom stereocenters. The van der Waals surface area contributed by atoms with Gasteiger partial charge in [0, 0.05) is 13.2 Å². The molecule has 26 heavy (non-hydrogen) atoms. The van der Waals surface area contributed by atoms with Crippen LogP contribution in [0.25, 0.3) is 0 Å². The molecule has 4 nitrogen and oxygen atoms in total. The van der Waals surface area contributed by atoms with Crippen molar-refractivity contribution in [1.29, 1.82) is 0 Å². The molecule has 1 rings (SSSR count). The fraction of sp³-hybridized carbons (Fsp3) is 0.727. The minimum absolute atomic E-state index is 0.00678. The van der Waals surface area contributed by atoms with E-state index < -0.39 is 0 Å². The number of hydrogen-bond acceptors (Lipinski definition) is 4. The number of rotatable bonds is 14. The first kappa shape index (κ1) is 22.8. The molecular formula is C22H38O4. The number of ether oxygens (including phenoxy) is 2. The first-order valence-electron chi connectivity index (χ1n) is 9.85. The van der Waals surface area contributed by atoms with Crippen LogP contribution in [0.2, 0.25) is 0 Å². The Balaban J connectivity index is 2.15. The fourth-order valence-electron chi connectivity index (χ4n) is 2.58. The summed E-state index contributed by atoms with van der Waals surface area (Å²) in [5.41, 5.74) is 0.0136. The zero-order valence-corrected chi connectivity index (χ0v) is 17.1. The van der Waals surface area contributed by atoms with Crippen LogP contribution in [0.4, 0.5) is 0 Å². The standard InChI is InChI=1S/C22H38O4/c1-21(2,17-23)13-5-7-15-25-19-9-11-20(12-10-19)26-16-8-6-14-22(3,4)18-24/h9-12,23-24H,5-8,13-18H2,1-4H3. The summed E-state index contributed by atoms with van der Waals surface area (Å²) in [7, 11) is 0. The van der Waals surface area contributed by atoms with Gasteiger partial charge in [0.05, 0.1) is 13.2 Å². The monoisotopic (exact) mass is 366 g/mol. The van der Waals surface area contributed by atoms with Crippen molar-refractivity contribution < 1.29 is 19.7 Å². The predicted molar refractivity (Wildman–Crippen MR) is 107 cm³/mol. The maximum atomic E-state index is 9.24. The van der Waals surface area contributed by atoms with Crippen molar-refractivity contribution in [2.75, 3.05) is 26.4 Å². The molecule has 150 valence electrons. The maximum Gasteiger partial charge on any atom is 0.119 e. The van der Waals surface area contributed by atoms with Crippen molar-refractivity contribution in [2.45, 2.75) is 66.2 Å². The fourth-order valence-corrected chi connectivity index (χ4v) is 2.58. The van der Waals surface area contributed by atoms with Crippen molar-refractivity contribution >= 4 is 0 Å². The Morgan fingerprint density at radius 1 is 0.654 bits per heavy atom. The second kappa shape index (κ2) is 11.5. The van der Waals surface area contributed by atoms with Gasteiger partial charge in [-0.1, -0.05) is 27.7 Å². The largest absolute Gasteiger partial charge is 0.494 e. The number of aliphatic hydroxyl groups is 2. The molecular weight excluding hydrogens is 328 g/mol. The highest BCUT2D eigenvalue weighted by molar-refractivity contribution is 5.31. The lowest BCUT2D eigenvalue weighted by atomic mass is 9.88. The number of hydrogen-bond donors (Lipinski definition) is 2. The molecule has 0 radical (unpaired) electrons. The van der Waals surface area contributed by atoms with Gasteiger partial charge in [0.2, 0.25) is 0 Å². The Morgan fingerprint density at radius 2 is 1.00 bits per heavy atom. The average molecular weight is 367 g/mol. The van der Waals surface area contributed by atoms with Crippen LogP contribution in [-0.2, 0) is 0 Å². The third-order valence-electron chi connectivity index (χ3n) is 4.71. The van der Waals surface area contributed by atoms with Crippen LogP contribution < -0.4 is 9.47 Å². The molecule has 0 bridgehead atoms. The lowest BCUT2D eigenvalue weighted by Gasteiger charge is -2.21. The SMILES string of the molecule is CC(C)(CO)CCCCOc1ccc(OCCCCC(C)(C)CO)cc1. The van der Waals surface area contributed by atoms with Gasteiger partial charge in [-0.05, 0) is 73.6 Å². The summed E-state index contributed by atoms with van der Waals surface area (Å²) < 4.78 is 11.5. The zero-order valence-electron chi connectivity index (χ0n) is 17.1. The first-order chi connectivity index (χ1) is 12.3. The predicted octanol–water partition coefficient (Wildman–Crippen LogP) is 4.82. The molecule has 1 aromatic rings. The van der Waals surface area contributed by atoms with E-state index in [9.17, 15) is 10.2 Å². The maximum absolute atomic E-state index is 9.24. The average Bonchev–Trinajstić information content (AvgIpc) is 2.62. The number of unbranched alkanes of at least 4 members (excludes halogenated alkanes) is 2. The molecule has 0 aliphatic rings. The Labute approximate surface area is 159 Å². The minimum atomic E-state index is 0.00678. The topological polar surface area (TPSA) is 58.9 Å². The summed E-state index contributed by atoms with van der Waals surface area (Å²) in [4.78, 5) is 0. The van der Waals surface area contributed by atoms with E-state index in [2.05, 4.69) is 27.7 Å². The van der Waals surface area contributed by atoms with Crippen LogP contribution in [0.5, 0.6) is 11.5 Å². The van der Waals surface area contributed by atoms with E-state index in [4.69, 9.17) is 9.47 Å². The lowest BCUT2D eigenvalue weighted by Crippen LogP contribution is -2.16. The molecule has 2 N–H and O–H groups in total. The van der Waals surface area contributed by atoms with E-state index in [1.54, 1.807) is 0 Å². The Bertz CT molecular complexity index is 434. The highest BCUT2D eigenvalue weighted by atomic mass is 16.5. The van der Waals surface area contributed by atoms with E-state index in [1.807, 2.05) is 24.3 Å². The third kappa shape index (κ3) is 10.0. The van der Waals surface area contributed by atoms with Crippen LogP contribution in [0.15, 0.2) is 24.3 Å². The van der Waals surface area contributed by atoms with Crippen molar-refractivity contribution in [2.24, 2.45) is 10.8 Å². The minimum Gasteiger partial charge on any atom is -0.494 e. The molecule has 0 aliphatic heterocycles. The van der Waals surface area contributed by atoms with Gasteiger partial charge in [0.1, 0.15) is 11.5 Å². The summed E-state index contributed by atoms with van der Waals surface area (Å²) >= 11 is 0. The van der Waals surface area contributed by atoms with Gasteiger partial charge in [-0.2, -0.15) is 0 Å². The van der Waals surface area contributed by atoms with Gasteiger partial charge in [-0.25, -0.2) is 0 Å². The van der Waals surface area contributed by atoms with Crippen molar-refractivity contribution in [1.82, 2.24) is 0 Å². The van der Waals surface area contributed by atoms with Gasteiger partial charge < -0.3 is 19.7 Å². The van der Waals surface area contributed by atoms with Gasteiger partial charge in [-0.3, -0.25) is 0 Å². The summed E-state index contributed by atoms with van der Waals surface area (Å²) in [6, 6.07) is 7.79. The Morgan fingerprint density at radius 3 is 1.31 bits per heavy atom. The van der Waals surface area contributed by atoms with Gasteiger partial charge in [0.25, 0.3) is 0 Å². The first-order valence-corrected chi connectivity index (χ1v) is 9.85. The third-order valence-corrected chi connectivity index (χ3v) is 4.71. The molecule has 0 aromatic heterocycles. The van der Waals surface area contributed by atoms with E-state index in [-0.39, 0.29) is 24.0 Å². The molecule has 0 amide bonds. The zero-order chi connectivity index (χ0) is 19.5. The highest BCUT2D eigenvalue weighted by Gasteiger charge is 2.16. The normalized spacial score (nSPS) is 12.2. The van der Waals surface area contributed by atoms with Crippen molar-refractivity contribution in [3.8, 4) is 11.5 Å². The molecule has 0 spiro atoms. The lowest BCUT2D eigenvalue weighted by molar-refractivity contribution is 0.144. The van der Waals surface area contributed by atoms with Crippen molar-refractivity contribution in [3.05, 3.63) is 24.3 Å². The van der Waals surface area contributed by atoms with Crippen LogP contribution in [0, 0.1) is 10.8 Å². The van der Waals surface area contributed by atoms with Crippen LogP contribution in [0.3, 0.4) is 0 Å². The second-order valence-electron chi connectivity index (χ2n) is 8.73. The summed E-state index contributed by atoms with van der Waals surface area (Å²) in [5, 5.41) is 18.5. The summed E-state index contributed by atoms with van der Waals surface area (Å²) in [6.45, 7) is 10.2. The second-order valence-corrected chi connectivity index (χ2v) is 8.73. The quantitative estimate of drug-likeness (QED) is 0.463. The Hall–Kier alpha value is -1.26. The van der Waals surface area contributed by atoms with Crippen LogP contribution in [-0.4, -0.2) is 36.6 Å². The van der Waals surface area contributed by atoms with E-state index in [0.717, 1.165) is 50.0 Å². The summed E-state index contributed by atoms with van der Waals surface area (Å²) in [6.07, 6.45) is 6.12. The molecule has 1 aromatic carbocycles. The Kier molecular flexibility index (Phi) is 10.0. The molecule has 4 heteroatoms. The molecule has 0 saturated heterocycles. The van der Waals surface area contributed by atoms with Gasteiger partial charge in [-0.15, -0.1) is 0 Å². The molecule has 0 heterocycles.